The highest BCUT2D eigenvalue weighted by molar-refractivity contribution is 14.1. The Hall–Kier alpha value is -0.390. The van der Waals surface area contributed by atoms with E-state index in [2.05, 4.69) is 89.6 Å². The summed E-state index contributed by atoms with van der Waals surface area (Å²) in [7, 11) is 0. The molecular weight excluding hydrogens is 425 g/mol. The summed E-state index contributed by atoms with van der Waals surface area (Å²) >= 11 is 5.89. The van der Waals surface area contributed by atoms with Crippen molar-refractivity contribution in [2.24, 2.45) is 5.73 Å². The summed E-state index contributed by atoms with van der Waals surface area (Å²) in [4.78, 5) is 0. The van der Waals surface area contributed by atoms with Gasteiger partial charge in [-0.05, 0) is 90.2 Å². The number of hydrogen-bond donors (Lipinski definition) is 1. The van der Waals surface area contributed by atoms with E-state index in [9.17, 15) is 0 Å². The Bertz CT molecular complexity index is 614. The lowest BCUT2D eigenvalue weighted by Gasteiger charge is -2.18. The highest BCUT2D eigenvalue weighted by atomic mass is 127. The number of halogens is 2. The molecular formula is C17H19BrIN. The van der Waals surface area contributed by atoms with Gasteiger partial charge in [0.1, 0.15) is 0 Å². The lowest BCUT2D eigenvalue weighted by Crippen LogP contribution is -2.16. The van der Waals surface area contributed by atoms with Gasteiger partial charge in [-0.2, -0.15) is 0 Å². The van der Waals surface area contributed by atoms with Crippen LogP contribution < -0.4 is 5.73 Å². The zero-order chi connectivity index (χ0) is 14.9. The standard InChI is InChI=1S/C17H19BrIN/c1-10-6-11(2)14(12(3)7-10)9-17(20)15-8-13(18)4-5-16(15)19/h4-8,17H,9,20H2,1-3H3. The van der Waals surface area contributed by atoms with E-state index < -0.39 is 0 Å². The quantitative estimate of drug-likeness (QED) is 0.646. The van der Waals surface area contributed by atoms with Gasteiger partial charge in [0.15, 0.2) is 0 Å². The molecule has 1 unspecified atom stereocenters. The van der Waals surface area contributed by atoms with E-state index >= 15 is 0 Å². The number of hydrogen-bond acceptors (Lipinski definition) is 1. The van der Waals surface area contributed by atoms with Gasteiger partial charge in [0.2, 0.25) is 0 Å². The first kappa shape index (κ1) is 16.0. The summed E-state index contributed by atoms with van der Waals surface area (Å²) < 4.78 is 2.31. The van der Waals surface area contributed by atoms with Crippen molar-refractivity contribution in [3.8, 4) is 0 Å². The van der Waals surface area contributed by atoms with Crippen molar-refractivity contribution < 1.29 is 0 Å². The van der Waals surface area contributed by atoms with E-state index in [0.717, 1.165) is 10.9 Å². The minimum atomic E-state index is 0.0273. The molecule has 2 N–H and O–H groups in total. The Morgan fingerprint density at radius 3 is 2.30 bits per heavy atom. The average molecular weight is 444 g/mol. The molecule has 0 saturated carbocycles. The molecule has 0 aliphatic rings. The molecule has 0 bridgehead atoms. The van der Waals surface area contributed by atoms with Crippen molar-refractivity contribution in [1.29, 1.82) is 0 Å². The van der Waals surface area contributed by atoms with Crippen LogP contribution in [-0.2, 0) is 6.42 Å². The fraction of sp³-hybridized carbons (Fsp3) is 0.294. The lowest BCUT2D eigenvalue weighted by atomic mass is 9.92. The van der Waals surface area contributed by atoms with E-state index in [0.29, 0.717) is 0 Å². The summed E-state index contributed by atoms with van der Waals surface area (Å²) in [6.45, 7) is 6.49. The molecule has 0 aliphatic carbocycles. The number of rotatable bonds is 3. The van der Waals surface area contributed by atoms with Crippen molar-refractivity contribution in [1.82, 2.24) is 0 Å². The van der Waals surface area contributed by atoms with E-state index in [1.807, 2.05) is 0 Å². The van der Waals surface area contributed by atoms with Gasteiger partial charge in [0.05, 0.1) is 0 Å². The zero-order valence-electron chi connectivity index (χ0n) is 12.0. The summed E-state index contributed by atoms with van der Waals surface area (Å²) in [6.07, 6.45) is 0.879. The first-order valence-electron chi connectivity index (χ1n) is 6.65. The van der Waals surface area contributed by atoms with Crippen LogP contribution >= 0.6 is 38.5 Å². The van der Waals surface area contributed by atoms with Crippen molar-refractivity contribution >= 4 is 38.5 Å². The van der Waals surface area contributed by atoms with Crippen LogP contribution in [0.2, 0.25) is 0 Å². The second-order valence-electron chi connectivity index (χ2n) is 5.35. The van der Waals surface area contributed by atoms with Gasteiger partial charge in [-0.15, -0.1) is 0 Å². The van der Waals surface area contributed by atoms with E-state index in [4.69, 9.17) is 5.73 Å². The Morgan fingerprint density at radius 1 is 1.10 bits per heavy atom. The molecule has 0 amide bonds. The highest BCUT2D eigenvalue weighted by Crippen LogP contribution is 2.27. The van der Waals surface area contributed by atoms with Crippen LogP contribution in [0, 0.1) is 24.3 Å². The summed E-state index contributed by atoms with van der Waals surface area (Å²) in [6, 6.07) is 10.8. The molecule has 0 aromatic heterocycles. The number of aryl methyl sites for hydroxylation is 3. The van der Waals surface area contributed by atoms with Crippen molar-refractivity contribution in [3.63, 3.8) is 0 Å². The van der Waals surface area contributed by atoms with Crippen molar-refractivity contribution in [3.05, 3.63) is 66.2 Å². The Morgan fingerprint density at radius 2 is 1.70 bits per heavy atom. The van der Waals surface area contributed by atoms with Gasteiger partial charge in [-0.3, -0.25) is 0 Å². The van der Waals surface area contributed by atoms with Crippen LogP contribution in [0.5, 0.6) is 0 Å². The van der Waals surface area contributed by atoms with Crippen LogP contribution in [0.4, 0.5) is 0 Å². The molecule has 20 heavy (non-hydrogen) atoms. The molecule has 2 rings (SSSR count). The van der Waals surface area contributed by atoms with Crippen LogP contribution in [0.1, 0.15) is 33.9 Å². The first-order chi connectivity index (χ1) is 9.38. The van der Waals surface area contributed by atoms with Gasteiger partial charge in [0.25, 0.3) is 0 Å². The minimum Gasteiger partial charge on any atom is -0.324 e. The average Bonchev–Trinajstić information content (AvgIpc) is 2.36. The second-order valence-corrected chi connectivity index (χ2v) is 7.43. The first-order valence-corrected chi connectivity index (χ1v) is 8.53. The molecule has 0 spiro atoms. The Labute approximate surface area is 143 Å². The van der Waals surface area contributed by atoms with E-state index in [-0.39, 0.29) is 6.04 Å². The smallest absolute Gasteiger partial charge is 0.0346 e. The molecule has 0 fully saturated rings. The van der Waals surface area contributed by atoms with Gasteiger partial charge in [0, 0.05) is 14.1 Å². The third-order valence-corrected chi connectivity index (χ3v) is 5.10. The largest absolute Gasteiger partial charge is 0.324 e. The van der Waals surface area contributed by atoms with Gasteiger partial charge in [-0.25, -0.2) is 0 Å². The van der Waals surface area contributed by atoms with Gasteiger partial charge in [-0.1, -0.05) is 33.6 Å². The molecule has 0 heterocycles. The fourth-order valence-corrected chi connectivity index (χ4v) is 3.77. The maximum Gasteiger partial charge on any atom is 0.0346 e. The van der Waals surface area contributed by atoms with Gasteiger partial charge >= 0.3 is 0 Å². The molecule has 106 valence electrons. The maximum absolute atomic E-state index is 6.45. The fourth-order valence-electron chi connectivity index (χ4n) is 2.66. The van der Waals surface area contributed by atoms with Crippen molar-refractivity contribution in [2.45, 2.75) is 33.2 Å². The molecule has 0 radical (unpaired) electrons. The number of benzene rings is 2. The summed E-state index contributed by atoms with van der Waals surface area (Å²) in [5.74, 6) is 0. The molecule has 2 aromatic carbocycles. The Kier molecular flexibility index (Phi) is 5.26. The molecule has 0 saturated heterocycles. The third-order valence-electron chi connectivity index (χ3n) is 3.62. The molecule has 0 aliphatic heterocycles. The predicted molar refractivity (Wildman–Crippen MR) is 98.1 cm³/mol. The molecule has 3 heteroatoms. The zero-order valence-corrected chi connectivity index (χ0v) is 15.7. The van der Waals surface area contributed by atoms with E-state index in [1.165, 1.54) is 31.4 Å². The summed E-state index contributed by atoms with van der Waals surface area (Å²) in [5, 5.41) is 0. The van der Waals surface area contributed by atoms with E-state index in [1.54, 1.807) is 0 Å². The predicted octanol–water partition coefficient (Wildman–Crippen LogP) is 5.22. The van der Waals surface area contributed by atoms with Crippen LogP contribution in [0.3, 0.4) is 0 Å². The van der Waals surface area contributed by atoms with Crippen molar-refractivity contribution in [2.75, 3.05) is 0 Å². The topological polar surface area (TPSA) is 26.0 Å². The Balaban J connectivity index is 2.32. The third kappa shape index (κ3) is 3.62. The highest BCUT2D eigenvalue weighted by Gasteiger charge is 2.14. The molecule has 1 nitrogen and oxygen atoms in total. The SMILES string of the molecule is Cc1cc(C)c(CC(N)c2cc(Br)ccc2I)c(C)c1. The lowest BCUT2D eigenvalue weighted by molar-refractivity contribution is 0.711. The maximum atomic E-state index is 6.45. The van der Waals surface area contributed by atoms with Crippen LogP contribution in [0.15, 0.2) is 34.8 Å². The summed E-state index contributed by atoms with van der Waals surface area (Å²) in [5.41, 5.74) is 13.0. The van der Waals surface area contributed by atoms with Gasteiger partial charge < -0.3 is 5.73 Å². The van der Waals surface area contributed by atoms with Crippen LogP contribution in [0.25, 0.3) is 0 Å². The van der Waals surface area contributed by atoms with Crippen LogP contribution in [-0.4, -0.2) is 0 Å². The normalized spacial score (nSPS) is 12.5. The number of nitrogens with two attached hydrogens (primary N) is 1. The monoisotopic (exact) mass is 443 g/mol. The second kappa shape index (κ2) is 6.58. The minimum absolute atomic E-state index is 0.0273. The molecule has 2 aromatic rings. The molecule has 1 atom stereocenters.